The third-order valence-corrected chi connectivity index (χ3v) is 2.34. The Morgan fingerprint density at radius 1 is 1.85 bits per heavy atom. The topological polar surface area (TPSA) is 55.0 Å². The minimum atomic E-state index is -0.145. The molecule has 0 bridgehead atoms. The van der Waals surface area contributed by atoms with Crippen LogP contribution in [0.15, 0.2) is 6.33 Å². The number of fused-ring (bicyclic) bond motifs is 1. The smallest absolute Gasteiger partial charge is 0.315 e. The van der Waals surface area contributed by atoms with Gasteiger partial charge in [-0.1, -0.05) is 0 Å². The first-order valence-corrected chi connectivity index (χ1v) is 4.51. The molecule has 0 fully saturated rings. The Bertz CT molecular complexity index is 319. The average Bonchev–Trinajstić information content (AvgIpc) is 2.62. The van der Waals surface area contributed by atoms with E-state index < -0.39 is 0 Å². The molecule has 0 amide bonds. The quantitative estimate of drug-likeness (QED) is 0.691. The zero-order chi connectivity index (χ0) is 9.26. The molecule has 0 radical (unpaired) electrons. The van der Waals surface area contributed by atoms with Crippen LogP contribution in [-0.4, -0.2) is 22.5 Å². The van der Waals surface area contributed by atoms with Gasteiger partial charge in [-0.05, 0) is 19.8 Å². The first kappa shape index (κ1) is 8.29. The van der Waals surface area contributed by atoms with E-state index in [1.807, 2.05) is 6.92 Å². The minimum Gasteiger partial charge on any atom is -0.465 e. The van der Waals surface area contributed by atoms with Crippen LogP contribution in [0, 0.1) is 0 Å². The fourth-order valence-electron chi connectivity index (χ4n) is 1.73. The van der Waals surface area contributed by atoms with Crippen molar-refractivity contribution >= 4 is 5.97 Å². The van der Waals surface area contributed by atoms with E-state index in [2.05, 4.69) is 9.97 Å². The van der Waals surface area contributed by atoms with E-state index in [9.17, 15) is 4.79 Å². The second-order valence-corrected chi connectivity index (χ2v) is 3.11. The van der Waals surface area contributed by atoms with Gasteiger partial charge in [0.25, 0.3) is 0 Å². The summed E-state index contributed by atoms with van der Waals surface area (Å²) in [5, 5.41) is 0. The molecule has 1 aromatic rings. The number of rotatable bonds is 2. The molecule has 70 valence electrons. The molecule has 1 unspecified atom stereocenters. The van der Waals surface area contributed by atoms with Crippen LogP contribution in [0.2, 0.25) is 0 Å². The molecule has 2 rings (SSSR count). The number of hydrogen-bond acceptors (Lipinski definition) is 3. The summed E-state index contributed by atoms with van der Waals surface area (Å²) in [6, 6.07) is 0. The van der Waals surface area contributed by atoms with Crippen molar-refractivity contribution in [1.82, 2.24) is 9.97 Å². The summed E-state index contributed by atoms with van der Waals surface area (Å²) in [5.74, 6) is -0.283. The van der Waals surface area contributed by atoms with Gasteiger partial charge < -0.3 is 9.72 Å². The van der Waals surface area contributed by atoms with Crippen molar-refractivity contribution < 1.29 is 9.53 Å². The number of nitrogens with zero attached hydrogens (tertiary/aromatic N) is 1. The van der Waals surface area contributed by atoms with E-state index in [4.69, 9.17) is 4.74 Å². The Hall–Kier alpha value is -1.32. The largest absolute Gasteiger partial charge is 0.465 e. The van der Waals surface area contributed by atoms with Gasteiger partial charge in [0.1, 0.15) is 5.92 Å². The fraction of sp³-hybridized carbons (Fsp3) is 0.556. The van der Waals surface area contributed by atoms with Crippen molar-refractivity contribution in [3.05, 3.63) is 17.7 Å². The molecule has 0 saturated carbocycles. The summed E-state index contributed by atoms with van der Waals surface area (Å²) < 4.78 is 4.96. The normalized spacial score (nSPS) is 19.9. The van der Waals surface area contributed by atoms with E-state index >= 15 is 0 Å². The minimum absolute atomic E-state index is 0.138. The Kier molecular flexibility index (Phi) is 2.04. The van der Waals surface area contributed by atoms with Gasteiger partial charge in [-0.15, -0.1) is 0 Å². The van der Waals surface area contributed by atoms with E-state index in [-0.39, 0.29) is 11.9 Å². The number of carbonyl (C=O) groups is 1. The van der Waals surface area contributed by atoms with Gasteiger partial charge in [0, 0.05) is 5.69 Å². The highest BCUT2D eigenvalue weighted by molar-refractivity contribution is 5.78. The summed E-state index contributed by atoms with van der Waals surface area (Å²) in [7, 11) is 0. The number of hydrogen-bond donors (Lipinski definition) is 1. The lowest BCUT2D eigenvalue weighted by Crippen LogP contribution is -2.13. The fourth-order valence-corrected chi connectivity index (χ4v) is 1.73. The molecule has 1 aliphatic carbocycles. The van der Waals surface area contributed by atoms with Crippen LogP contribution in [0.3, 0.4) is 0 Å². The Morgan fingerprint density at radius 3 is 3.46 bits per heavy atom. The van der Waals surface area contributed by atoms with Gasteiger partial charge in [-0.2, -0.15) is 0 Å². The first-order valence-electron chi connectivity index (χ1n) is 4.51. The summed E-state index contributed by atoms with van der Waals surface area (Å²) in [4.78, 5) is 18.6. The van der Waals surface area contributed by atoms with Gasteiger partial charge in [-0.25, -0.2) is 4.98 Å². The lowest BCUT2D eigenvalue weighted by atomic mass is 10.1. The van der Waals surface area contributed by atoms with E-state index in [1.54, 1.807) is 6.33 Å². The first-order chi connectivity index (χ1) is 6.33. The summed E-state index contributed by atoms with van der Waals surface area (Å²) in [5.41, 5.74) is 1.96. The van der Waals surface area contributed by atoms with Gasteiger partial charge in [0.2, 0.25) is 0 Å². The maximum atomic E-state index is 11.4. The molecule has 1 aliphatic rings. The average molecular weight is 180 g/mol. The van der Waals surface area contributed by atoms with E-state index in [0.29, 0.717) is 6.61 Å². The second kappa shape index (κ2) is 3.20. The predicted molar refractivity (Wildman–Crippen MR) is 46.3 cm³/mol. The summed E-state index contributed by atoms with van der Waals surface area (Å²) in [6.07, 6.45) is 3.36. The zero-order valence-electron chi connectivity index (χ0n) is 7.54. The summed E-state index contributed by atoms with van der Waals surface area (Å²) >= 11 is 0. The molecule has 1 aromatic heterocycles. The summed E-state index contributed by atoms with van der Waals surface area (Å²) in [6.45, 7) is 2.26. The van der Waals surface area contributed by atoms with Crippen molar-refractivity contribution in [3.8, 4) is 0 Å². The lowest BCUT2D eigenvalue weighted by molar-refractivity contribution is -0.145. The molecule has 4 heteroatoms. The van der Waals surface area contributed by atoms with Crippen LogP contribution < -0.4 is 0 Å². The third kappa shape index (κ3) is 1.32. The van der Waals surface area contributed by atoms with Crippen molar-refractivity contribution in [2.24, 2.45) is 0 Å². The molecule has 4 nitrogen and oxygen atoms in total. The second-order valence-electron chi connectivity index (χ2n) is 3.11. The van der Waals surface area contributed by atoms with Crippen molar-refractivity contribution in [3.63, 3.8) is 0 Å². The maximum absolute atomic E-state index is 11.4. The van der Waals surface area contributed by atoms with Crippen LogP contribution in [0.1, 0.15) is 30.7 Å². The number of imidazole rings is 1. The number of nitrogens with one attached hydrogen (secondary N) is 1. The van der Waals surface area contributed by atoms with Gasteiger partial charge in [0.05, 0.1) is 18.6 Å². The third-order valence-electron chi connectivity index (χ3n) is 2.34. The molecular formula is C9H12N2O2. The molecule has 1 atom stereocenters. The highest BCUT2D eigenvalue weighted by Gasteiger charge is 2.31. The number of aryl methyl sites for hydroxylation is 1. The molecule has 1 heterocycles. The Morgan fingerprint density at radius 2 is 2.69 bits per heavy atom. The van der Waals surface area contributed by atoms with Crippen LogP contribution in [-0.2, 0) is 16.0 Å². The monoisotopic (exact) mass is 180 g/mol. The number of H-pyrrole nitrogens is 1. The van der Waals surface area contributed by atoms with Crippen molar-refractivity contribution in [2.75, 3.05) is 6.61 Å². The molecule has 0 aliphatic heterocycles. The van der Waals surface area contributed by atoms with Gasteiger partial charge in [0.15, 0.2) is 0 Å². The number of carbonyl (C=O) groups excluding carboxylic acids is 1. The highest BCUT2D eigenvalue weighted by atomic mass is 16.5. The van der Waals surface area contributed by atoms with E-state index in [0.717, 1.165) is 24.2 Å². The van der Waals surface area contributed by atoms with Crippen molar-refractivity contribution in [1.29, 1.82) is 0 Å². The molecular weight excluding hydrogens is 168 g/mol. The number of aromatic amines is 1. The van der Waals surface area contributed by atoms with Crippen molar-refractivity contribution in [2.45, 2.75) is 25.7 Å². The Labute approximate surface area is 76.3 Å². The molecule has 0 saturated heterocycles. The van der Waals surface area contributed by atoms with Crippen LogP contribution in [0.25, 0.3) is 0 Å². The number of aromatic nitrogens is 2. The SMILES string of the molecule is CCOC(=O)C1CCc2[nH]cnc21. The number of ether oxygens (including phenoxy) is 1. The maximum Gasteiger partial charge on any atom is 0.315 e. The van der Waals surface area contributed by atoms with E-state index in [1.165, 1.54) is 0 Å². The lowest BCUT2D eigenvalue weighted by Gasteiger charge is -2.06. The highest BCUT2D eigenvalue weighted by Crippen LogP contribution is 2.31. The molecule has 13 heavy (non-hydrogen) atoms. The molecule has 0 aromatic carbocycles. The molecule has 1 N–H and O–H groups in total. The molecule has 0 spiro atoms. The standard InChI is InChI=1S/C9H12N2O2/c1-2-13-9(12)6-3-4-7-8(6)11-5-10-7/h5-6H,2-4H2,1H3,(H,10,11). The number of esters is 1. The van der Waals surface area contributed by atoms with Gasteiger partial charge in [-0.3, -0.25) is 4.79 Å². The zero-order valence-corrected chi connectivity index (χ0v) is 7.54. The van der Waals surface area contributed by atoms with Crippen LogP contribution in [0.4, 0.5) is 0 Å². The van der Waals surface area contributed by atoms with Gasteiger partial charge >= 0.3 is 5.97 Å². The van der Waals surface area contributed by atoms with Crippen LogP contribution >= 0.6 is 0 Å². The Balaban J connectivity index is 2.16. The predicted octanol–water partition coefficient (Wildman–Crippen LogP) is 1.00. The van der Waals surface area contributed by atoms with Crippen LogP contribution in [0.5, 0.6) is 0 Å².